The van der Waals surface area contributed by atoms with Crippen LogP contribution in [0, 0.1) is 5.92 Å². The van der Waals surface area contributed by atoms with Gasteiger partial charge in [0.05, 0.1) is 28.5 Å². The van der Waals surface area contributed by atoms with Gasteiger partial charge in [0.25, 0.3) is 0 Å². The maximum atomic E-state index is 12.2. The van der Waals surface area contributed by atoms with Crippen molar-refractivity contribution in [2.75, 3.05) is 23.7 Å². The third-order valence-corrected chi connectivity index (χ3v) is 5.95. The van der Waals surface area contributed by atoms with Gasteiger partial charge in [-0.25, -0.2) is 8.42 Å². The zero-order valence-corrected chi connectivity index (χ0v) is 15.9. The molecule has 0 bridgehead atoms. The molecule has 0 aromatic heterocycles. The van der Waals surface area contributed by atoms with Crippen LogP contribution in [0.2, 0.25) is 10.0 Å². The lowest BCUT2D eigenvalue weighted by atomic mass is 9.89. The minimum atomic E-state index is -3.57. The molecule has 1 aromatic rings. The average Bonchev–Trinajstić information content (AvgIpc) is 2.52. The van der Waals surface area contributed by atoms with Crippen molar-refractivity contribution in [2.45, 2.75) is 32.1 Å². The van der Waals surface area contributed by atoms with E-state index in [0.717, 1.165) is 36.2 Å². The number of sulfonamides is 1. The van der Waals surface area contributed by atoms with E-state index in [-0.39, 0.29) is 40.6 Å². The number of carbonyl (C=O) groups excluding carboxylic acids is 1. The minimum Gasteiger partial charge on any atom is -0.354 e. The van der Waals surface area contributed by atoms with Gasteiger partial charge in [0.2, 0.25) is 15.9 Å². The molecule has 2 rings (SSSR count). The summed E-state index contributed by atoms with van der Waals surface area (Å²) < 4.78 is 25.4. The van der Waals surface area contributed by atoms with Crippen molar-refractivity contribution in [3.05, 3.63) is 28.2 Å². The van der Waals surface area contributed by atoms with Crippen LogP contribution in [0.25, 0.3) is 0 Å². The standard InChI is InChI=1S/C16H22Cl2N2O3S/c1-24(22,23)20(15-13(17)8-5-9-14(15)18)11-10-19-16(21)12-6-3-2-4-7-12/h5,8-9,12H,2-4,6-7,10-11H2,1H3,(H,19,21). The molecule has 1 aliphatic carbocycles. The molecule has 0 atom stereocenters. The fourth-order valence-electron chi connectivity index (χ4n) is 2.96. The van der Waals surface area contributed by atoms with Crippen molar-refractivity contribution in [1.29, 1.82) is 0 Å². The highest BCUT2D eigenvalue weighted by Crippen LogP contribution is 2.34. The number of nitrogens with zero attached hydrogens (tertiary/aromatic N) is 1. The molecule has 5 nitrogen and oxygen atoms in total. The number of rotatable bonds is 6. The molecular formula is C16H22Cl2N2O3S. The van der Waals surface area contributed by atoms with E-state index in [1.54, 1.807) is 18.2 Å². The van der Waals surface area contributed by atoms with Crippen LogP contribution in [0.15, 0.2) is 18.2 Å². The maximum Gasteiger partial charge on any atom is 0.232 e. The summed E-state index contributed by atoms with van der Waals surface area (Å²) in [6.45, 7) is 0.296. The van der Waals surface area contributed by atoms with E-state index in [1.807, 2.05) is 0 Å². The normalized spacial score (nSPS) is 16.0. The molecule has 1 aliphatic rings. The Kier molecular flexibility index (Phi) is 6.78. The number of anilines is 1. The molecule has 0 spiro atoms. The maximum absolute atomic E-state index is 12.2. The summed E-state index contributed by atoms with van der Waals surface area (Å²) in [5.41, 5.74) is 0.246. The van der Waals surface area contributed by atoms with E-state index in [4.69, 9.17) is 23.2 Å². The highest BCUT2D eigenvalue weighted by atomic mass is 35.5. The van der Waals surface area contributed by atoms with Crippen molar-refractivity contribution < 1.29 is 13.2 Å². The van der Waals surface area contributed by atoms with Crippen LogP contribution in [-0.4, -0.2) is 33.7 Å². The number of hydrogen-bond acceptors (Lipinski definition) is 3. The highest BCUT2D eigenvalue weighted by molar-refractivity contribution is 7.92. The summed E-state index contributed by atoms with van der Waals surface area (Å²) in [6, 6.07) is 4.82. The van der Waals surface area contributed by atoms with Crippen LogP contribution >= 0.6 is 23.2 Å². The zero-order chi connectivity index (χ0) is 17.7. The monoisotopic (exact) mass is 392 g/mol. The van der Waals surface area contributed by atoms with Crippen LogP contribution < -0.4 is 9.62 Å². The summed E-state index contributed by atoms with van der Waals surface area (Å²) in [7, 11) is -3.57. The Bertz CT molecular complexity index is 668. The second kappa shape index (κ2) is 8.41. The Morgan fingerprint density at radius 3 is 2.33 bits per heavy atom. The number of benzene rings is 1. The fraction of sp³-hybridized carbons (Fsp3) is 0.562. The molecule has 1 N–H and O–H groups in total. The van der Waals surface area contributed by atoms with E-state index in [9.17, 15) is 13.2 Å². The van der Waals surface area contributed by atoms with Crippen LogP contribution in [0.3, 0.4) is 0 Å². The smallest absolute Gasteiger partial charge is 0.232 e. The minimum absolute atomic E-state index is 0.00611. The molecule has 24 heavy (non-hydrogen) atoms. The van der Waals surface area contributed by atoms with E-state index >= 15 is 0 Å². The Balaban J connectivity index is 2.04. The highest BCUT2D eigenvalue weighted by Gasteiger charge is 2.24. The molecule has 0 aliphatic heterocycles. The van der Waals surface area contributed by atoms with E-state index in [0.29, 0.717) is 0 Å². The molecule has 0 radical (unpaired) electrons. The number of nitrogens with one attached hydrogen (secondary N) is 1. The Morgan fingerprint density at radius 1 is 1.21 bits per heavy atom. The van der Waals surface area contributed by atoms with E-state index in [2.05, 4.69) is 5.32 Å². The van der Waals surface area contributed by atoms with Gasteiger partial charge in [0.15, 0.2) is 0 Å². The predicted molar refractivity (Wildman–Crippen MR) is 98.2 cm³/mol. The lowest BCUT2D eigenvalue weighted by Crippen LogP contribution is -2.40. The summed E-state index contributed by atoms with van der Waals surface area (Å²) in [5, 5.41) is 3.34. The van der Waals surface area contributed by atoms with Crippen LogP contribution in [0.1, 0.15) is 32.1 Å². The zero-order valence-electron chi connectivity index (χ0n) is 13.6. The number of hydrogen-bond donors (Lipinski definition) is 1. The topological polar surface area (TPSA) is 66.5 Å². The number of amides is 1. The number of halogens is 2. The summed E-state index contributed by atoms with van der Waals surface area (Å²) in [6.07, 6.45) is 6.22. The van der Waals surface area contributed by atoms with Gasteiger partial charge >= 0.3 is 0 Å². The van der Waals surface area contributed by atoms with Crippen LogP contribution in [0.4, 0.5) is 5.69 Å². The lowest BCUT2D eigenvalue weighted by Gasteiger charge is -2.25. The summed E-state index contributed by atoms with van der Waals surface area (Å²) in [5.74, 6) is 0.0303. The van der Waals surface area contributed by atoms with Gasteiger partial charge in [0, 0.05) is 12.5 Å². The van der Waals surface area contributed by atoms with E-state index in [1.165, 1.54) is 6.42 Å². The first-order valence-electron chi connectivity index (χ1n) is 8.00. The molecule has 0 heterocycles. The van der Waals surface area contributed by atoms with Crippen LogP contribution in [0.5, 0.6) is 0 Å². The second-order valence-electron chi connectivity index (χ2n) is 6.03. The van der Waals surface area contributed by atoms with Gasteiger partial charge in [-0.05, 0) is 25.0 Å². The second-order valence-corrected chi connectivity index (χ2v) is 8.75. The molecular weight excluding hydrogens is 371 g/mol. The third kappa shape index (κ3) is 5.01. The van der Waals surface area contributed by atoms with Gasteiger partial charge in [-0.15, -0.1) is 0 Å². The Morgan fingerprint density at radius 2 is 1.79 bits per heavy atom. The van der Waals surface area contributed by atoms with Crippen LogP contribution in [-0.2, 0) is 14.8 Å². The van der Waals surface area contributed by atoms with Crippen molar-refractivity contribution in [1.82, 2.24) is 5.32 Å². The largest absolute Gasteiger partial charge is 0.354 e. The molecule has 0 unspecified atom stereocenters. The molecule has 134 valence electrons. The van der Waals surface area contributed by atoms with E-state index < -0.39 is 10.0 Å². The van der Waals surface area contributed by atoms with Gasteiger partial charge in [-0.3, -0.25) is 9.10 Å². The molecule has 1 saturated carbocycles. The lowest BCUT2D eigenvalue weighted by molar-refractivity contribution is -0.125. The van der Waals surface area contributed by atoms with Crippen molar-refractivity contribution >= 4 is 44.8 Å². The number of para-hydroxylation sites is 1. The van der Waals surface area contributed by atoms with Gasteiger partial charge in [-0.2, -0.15) is 0 Å². The summed E-state index contributed by atoms with van der Waals surface area (Å²) >= 11 is 12.2. The van der Waals surface area contributed by atoms with Crippen molar-refractivity contribution in [3.8, 4) is 0 Å². The van der Waals surface area contributed by atoms with Gasteiger partial charge in [-0.1, -0.05) is 48.5 Å². The Labute approximate surface area is 153 Å². The Hall–Kier alpha value is -0.980. The van der Waals surface area contributed by atoms with Gasteiger partial charge < -0.3 is 5.32 Å². The number of carbonyl (C=O) groups is 1. The fourth-order valence-corrected chi connectivity index (χ4v) is 4.61. The first kappa shape index (κ1) is 19.3. The van der Waals surface area contributed by atoms with Gasteiger partial charge in [0.1, 0.15) is 0 Å². The third-order valence-electron chi connectivity index (χ3n) is 4.18. The quantitative estimate of drug-likeness (QED) is 0.805. The first-order chi connectivity index (χ1) is 11.3. The molecule has 0 saturated heterocycles. The molecule has 1 aromatic carbocycles. The molecule has 1 amide bonds. The predicted octanol–water partition coefficient (Wildman–Crippen LogP) is 3.46. The van der Waals surface area contributed by atoms with Crippen molar-refractivity contribution in [2.24, 2.45) is 5.92 Å². The first-order valence-corrected chi connectivity index (χ1v) is 10.6. The van der Waals surface area contributed by atoms with Crippen molar-refractivity contribution in [3.63, 3.8) is 0 Å². The molecule has 8 heteroatoms. The SMILES string of the molecule is CS(=O)(=O)N(CCNC(=O)C1CCCCC1)c1c(Cl)cccc1Cl. The average molecular weight is 393 g/mol. The summed E-state index contributed by atoms with van der Waals surface area (Å²) in [4.78, 5) is 12.2. The molecule has 1 fully saturated rings.